The number of nitrogens with one attached hydrogen (secondary N) is 1. The summed E-state index contributed by atoms with van der Waals surface area (Å²) in [5, 5.41) is 1.75. The lowest BCUT2D eigenvalue weighted by Crippen LogP contribution is -2.14. The Kier molecular flexibility index (Phi) is 9.48. The van der Waals surface area contributed by atoms with Gasteiger partial charge >= 0.3 is 0 Å². The summed E-state index contributed by atoms with van der Waals surface area (Å²) in [6, 6.07) is 9.25. The van der Waals surface area contributed by atoms with Crippen molar-refractivity contribution in [2.45, 2.75) is 43.7 Å². The number of pyridine rings is 1. The highest BCUT2D eigenvalue weighted by Gasteiger charge is 2.05. The van der Waals surface area contributed by atoms with Gasteiger partial charge in [0.05, 0.1) is 10.0 Å². The molecule has 2 heterocycles. The second kappa shape index (κ2) is 12.6. The number of hydrogen-bond donors (Lipinski definition) is 1. The fourth-order valence-electron chi connectivity index (χ4n) is 2.90. The van der Waals surface area contributed by atoms with Gasteiger partial charge in [-0.05, 0) is 42.7 Å². The summed E-state index contributed by atoms with van der Waals surface area (Å²) in [7, 11) is 0. The molecule has 0 fully saturated rings. The van der Waals surface area contributed by atoms with Gasteiger partial charge in [0.25, 0.3) is 5.56 Å². The highest BCUT2D eigenvalue weighted by molar-refractivity contribution is 7.99. The molecule has 3 aromatic rings. The lowest BCUT2D eigenvalue weighted by molar-refractivity contribution is 0.683. The van der Waals surface area contributed by atoms with E-state index in [4.69, 9.17) is 23.2 Å². The van der Waals surface area contributed by atoms with E-state index in [-0.39, 0.29) is 5.56 Å². The van der Waals surface area contributed by atoms with Gasteiger partial charge < -0.3 is 4.98 Å². The van der Waals surface area contributed by atoms with Crippen LogP contribution in [0.1, 0.15) is 48.8 Å². The van der Waals surface area contributed by atoms with Crippen molar-refractivity contribution in [3.8, 4) is 11.8 Å². The number of unbranched alkanes of at least 4 members (excludes halogenated alkanes) is 4. The molecule has 4 nitrogen and oxygen atoms in total. The topological polar surface area (TPSA) is 58.6 Å². The third-order valence-electron chi connectivity index (χ3n) is 4.55. The molecule has 31 heavy (non-hydrogen) atoms. The van der Waals surface area contributed by atoms with E-state index in [0.29, 0.717) is 27.2 Å². The standard InChI is InChI=1S/C24H23Cl2N3OS/c25-21-11-10-18(15-22(21)26)8-5-3-1-2-4-6-13-31-24-28-17-20(23(30)29-24)14-19-9-7-12-27-16-19/h7,9-12,15-17H,1-4,6,13-14H2,(H,28,29,30). The van der Waals surface area contributed by atoms with Crippen LogP contribution in [0, 0.1) is 11.8 Å². The Morgan fingerprint density at radius 2 is 1.90 bits per heavy atom. The van der Waals surface area contributed by atoms with Crippen LogP contribution in [0.25, 0.3) is 0 Å². The molecule has 0 amide bonds. The number of H-pyrrole nitrogens is 1. The van der Waals surface area contributed by atoms with Crippen LogP contribution in [-0.2, 0) is 6.42 Å². The summed E-state index contributed by atoms with van der Waals surface area (Å²) in [6.45, 7) is 0. The molecule has 7 heteroatoms. The molecule has 0 aliphatic heterocycles. The van der Waals surface area contributed by atoms with Crippen LogP contribution in [0.4, 0.5) is 0 Å². The monoisotopic (exact) mass is 471 g/mol. The summed E-state index contributed by atoms with van der Waals surface area (Å²) in [6.07, 6.45) is 11.0. The maximum absolute atomic E-state index is 12.3. The first kappa shape index (κ1) is 23.4. The predicted molar refractivity (Wildman–Crippen MR) is 129 cm³/mol. The Balaban J connectivity index is 1.31. The molecule has 0 aliphatic rings. The first-order valence-corrected chi connectivity index (χ1v) is 11.9. The number of hydrogen-bond acceptors (Lipinski definition) is 4. The Bertz CT molecular complexity index is 1110. The van der Waals surface area contributed by atoms with Gasteiger partial charge in [0.15, 0.2) is 5.16 Å². The van der Waals surface area contributed by atoms with Crippen LogP contribution in [0.3, 0.4) is 0 Å². The molecule has 0 saturated carbocycles. The fourth-order valence-corrected chi connectivity index (χ4v) is 4.04. The number of aromatic amines is 1. The van der Waals surface area contributed by atoms with E-state index in [9.17, 15) is 4.79 Å². The van der Waals surface area contributed by atoms with Gasteiger partial charge in [-0.25, -0.2) is 4.98 Å². The van der Waals surface area contributed by atoms with Gasteiger partial charge in [0.1, 0.15) is 0 Å². The van der Waals surface area contributed by atoms with Crippen molar-refractivity contribution < 1.29 is 0 Å². The lowest BCUT2D eigenvalue weighted by Gasteiger charge is -2.03. The number of halogens is 2. The summed E-state index contributed by atoms with van der Waals surface area (Å²) in [5.41, 5.74) is 2.46. The first-order chi connectivity index (χ1) is 15.1. The third kappa shape index (κ3) is 8.06. The molecule has 0 aliphatic carbocycles. The van der Waals surface area contributed by atoms with Crippen molar-refractivity contribution >= 4 is 35.0 Å². The number of rotatable bonds is 9. The molecule has 3 rings (SSSR count). The molecule has 0 saturated heterocycles. The fraction of sp³-hybridized carbons (Fsp3) is 0.292. The molecule has 2 aromatic heterocycles. The van der Waals surface area contributed by atoms with E-state index in [1.54, 1.807) is 42.5 Å². The quantitative estimate of drug-likeness (QED) is 0.176. The Hall–Kier alpha value is -2.26. The maximum Gasteiger partial charge on any atom is 0.255 e. The van der Waals surface area contributed by atoms with E-state index in [1.165, 1.54) is 0 Å². The highest BCUT2D eigenvalue weighted by atomic mass is 35.5. The van der Waals surface area contributed by atoms with Gasteiger partial charge in [0.2, 0.25) is 0 Å². The van der Waals surface area contributed by atoms with Crippen LogP contribution in [0.2, 0.25) is 10.0 Å². The van der Waals surface area contributed by atoms with E-state index in [0.717, 1.165) is 49.0 Å². The van der Waals surface area contributed by atoms with Crippen molar-refractivity contribution in [1.29, 1.82) is 0 Å². The van der Waals surface area contributed by atoms with Crippen LogP contribution in [0.15, 0.2) is 58.9 Å². The molecular weight excluding hydrogens is 449 g/mol. The second-order valence-electron chi connectivity index (χ2n) is 7.02. The zero-order valence-electron chi connectivity index (χ0n) is 17.0. The van der Waals surface area contributed by atoms with Crippen LogP contribution in [0.5, 0.6) is 0 Å². The molecule has 1 aromatic carbocycles. The van der Waals surface area contributed by atoms with Gasteiger partial charge in [-0.1, -0.05) is 65.7 Å². The number of benzene rings is 1. The number of nitrogens with zero attached hydrogens (tertiary/aromatic N) is 2. The predicted octanol–water partition coefficient (Wildman–Crippen LogP) is 6.16. The summed E-state index contributed by atoms with van der Waals surface area (Å²) in [5.74, 6) is 7.23. The smallest absolute Gasteiger partial charge is 0.255 e. The van der Waals surface area contributed by atoms with Crippen molar-refractivity contribution in [2.75, 3.05) is 5.75 Å². The minimum absolute atomic E-state index is 0.0816. The van der Waals surface area contributed by atoms with Crippen molar-refractivity contribution in [3.63, 3.8) is 0 Å². The van der Waals surface area contributed by atoms with Crippen molar-refractivity contribution in [2.24, 2.45) is 0 Å². The third-order valence-corrected chi connectivity index (χ3v) is 6.27. The van der Waals surface area contributed by atoms with Gasteiger partial charge in [-0.3, -0.25) is 9.78 Å². The Morgan fingerprint density at radius 1 is 1.03 bits per heavy atom. The molecular formula is C24H23Cl2N3OS. The van der Waals surface area contributed by atoms with Crippen LogP contribution in [-0.4, -0.2) is 20.7 Å². The first-order valence-electron chi connectivity index (χ1n) is 10.2. The van der Waals surface area contributed by atoms with Gasteiger partial charge in [-0.2, -0.15) is 0 Å². The van der Waals surface area contributed by atoms with E-state index in [2.05, 4.69) is 26.8 Å². The van der Waals surface area contributed by atoms with Gasteiger partial charge in [-0.15, -0.1) is 0 Å². The van der Waals surface area contributed by atoms with Crippen molar-refractivity contribution in [3.05, 3.63) is 86.0 Å². The van der Waals surface area contributed by atoms with Crippen molar-refractivity contribution in [1.82, 2.24) is 15.0 Å². The van der Waals surface area contributed by atoms with Crippen LogP contribution >= 0.6 is 35.0 Å². The Morgan fingerprint density at radius 3 is 2.68 bits per heavy atom. The molecule has 160 valence electrons. The number of thioether (sulfide) groups is 1. The summed E-state index contributed by atoms with van der Waals surface area (Å²) in [4.78, 5) is 23.6. The van der Waals surface area contributed by atoms with E-state index in [1.807, 2.05) is 18.2 Å². The molecule has 0 bridgehead atoms. The average molecular weight is 472 g/mol. The van der Waals surface area contributed by atoms with Gasteiger partial charge in [0, 0.05) is 48.3 Å². The van der Waals surface area contributed by atoms with E-state index >= 15 is 0 Å². The molecule has 0 unspecified atom stereocenters. The highest BCUT2D eigenvalue weighted by Crippen LogP contribution is 2.22. The van der Waals surface area contributed by atoms with E-state index < -0.39 is 0 Å². The summed E-state index contributed by atoms with van der Waals surface area (Å²) >= 11 is 13.5. The minimum Gasteiger partial charge on any atom is -0.301 e. The second-order valence-corrected chi connectivity index (χ2v) is 8.92. The molecule has 0 spiro atoms. The molecule has 0 radical (unpaired) electrons. The molecule has 0 atom stereocenters. The SMILES string of the molecule is O=c1[nH]c(SCCCCCCC#Cc2ccc(Cl)c(Cl)c2)ncc1Cc1cccnc1. The van der Waals surface area contributed by atoms with Crippen LogP contribution < -0.4 is 5.56 Å². The summed E-state index contributed by atoms with van der Waals surface area (Å²) < 4.78 is 0. The zero-order valence-corrected chi connectivity index (χ0v) is 19.4. The normalized spacial score (nSPS) is 10.5. The maximum atomic E-state index is 12.3. The average Bonchev–Trinajstić information content (AvgIpc) is 2.77. The number of aromatic nitrogens is 3. The largest absolute Gasteiger partial charge is 0.301 e. The Labute approximate surface area is 196 Å². The lowest BCUT2D eigenvalue weighted by atomic mass is 10.1. The zero-order chi connectivity index (χ0) is 21.9. The molecule has 1 N–H and O–H groups in total. The minimum atomic E-state index is -0.0816.